The maximum atomic E-state index is 13.5. The van der Waals surface area contributed by atoms with Gasteiger partial charge in [-0.25, -0.2) is 8.42 Å². The van der Waals surface area contributed by atoms with Crippen LogP contribution in [0, 0.1) is 0 Å². The van der Waals surface area contributed by atoms with E-state index in [0.717, 1.165) is 37.0 Å². The minimum absolute atomic E-state index is 0.0711. The van der Waals surface area contributed by atoms with E-state index in [-0.39, 0.29) is 22.9 Å². The summed E-state index contributed by atoms with van der Waals surface area (Å²) in [4.78, 5) is 2.07. The molecule has 2 heterocycles. The fourth-order valence-corrected chi connectivity index (χ4v) is 5.93. The van der Waals surface area contributed by atoms with Crippen molar-refractivity contribution in [2.75, 3.05) is 22.3 Å². The van der Waals surface area contributed by atoms with Crippen molar-refractivity contribution in [3.8, 4) is 0 Å². The molecule has 4 nitrogen and oxygen atoms in total. The molecule has 8 heteroatoms. The zero-order valence-corrected chi connectivity index (χ0v) is 18.7. The molecule has 0 aromatic heterocycles. The number of nitrogens with zero attached hydrogens (tertiary/aromatic N) is 2. The third kappa shape index (κ3) is 3.79. The van der Waals surface area contributed by atoms with Gasteiger partial charge in [-0.15, -0.1) is 0 Å². The van der Waals surface area contributed by atoms with Crippen molar-refractivity contribution in [2.45, 2.75) is 62.6 Å². The highest BCUT2D eigenvalue weighted by atomic mass is 32.2. The molecule has 1 unspecified atom stereocenters. The lowest BCUT2D eigenvalue weighted by Crippen LogP contribution is -2.48. The number of halogens is 3. The van der Waals surface area contributed by atoms with Crippen LogP contribution in [0.4, 0.5) is 24.5 Å². The number of alkyl halides is 3. The molecular weight excluding hydrogens is 425 g/mol. The molecule has 0 amide bonds. The largest absolute Gasteiger partial charge is 0.416 e. The molecule has 1 saturated heterocycles. The van der Waals surface area contributed by atoms with Gasteiger partial charge in [0.05, 0.1) is 28.4 Å². The molecule has 2 aliphatic heterocycles. The Bertz CT molecular complexity index is 1080. The van der Waals surface area contributed by atoms with Crippen molar-refractivity contribution in [2.24, 2.45) is 0 Å². The Morgan fingerprint density at radius 2 is 1.65 bits per heavy atom. The highest BCUT2D eigenvalue weighted by molar-refractivity contribution is 7.92. The Labute approximate surface area is 181 Å². The first-order valence-corrected chi connectivity index (χ1v) is 12.0. The predicted octanol–water partition coefficient (Wildman–Crippen LogP) is 5.57. The normalized spacial score (nSPS) is 19.4. The van der Waals surface area contributed by atoms with Gasteiger partial charge >= 0.3 is 6.18 Å². The van der Waals surface area contributed by atoms with Gasteiger partial charge in [-0.3, -0.25) is 4.31 Å². The van der Waals surface area contributed by atoms with Gasteiger partial charge < -0.3 is 4.90 Å². The summed E-state index contributed by atoms with van der Waals surface area (Å²) in [5.41, 5.74) is 0.866. The summed E-state index contributed by atoms with van der Waals surface area (Å²) in [6.07, 6.45) is -1.98. The van der Waals surface area contributed by atoms with Crippen LogP contribution >= 0.6 is 0 Å². The van der Waals surface area contributed by atoms with Gasteiger partial charge in [0.2, 0.25) is 0 Å². The van der Waals surface area contributed by atoms with Crippen molar-refractivity contribution in [1.29, 1.82) is 0 Å². The average Bonchev–Trinajstić information content (AvgIpc) is 3.21. The Morgan fingerprint density at radius 3 is 2.26 bits per heavy atom. The number of benzene rings is 2. The first-order chi connectivity index (χ1) is 14.4. The van der Waals surface area contributed by atoms with E-state index in [2.05, 4.69) is 20.8 Å². The SMILES string of the molecule is CCC(C)(C)c1ccc(S(=O)(=O)N2CC3CCCN3c3cc(C(F)(F)F)ccc32)cc1. The summed E-state index contributed by atoms with van der Waals surface area (Å²) in [7, 11) is -3.91. The summed E-state index contributed by atoms with van der Waals surface area (Å²) >= 11 is 0. The van der Waals surface area contributed by atoms with E-state index in [0.29, 0.717) is 17.9 Å². The van der Waals surface area contributed by atoms with Crippen molar-refractivity contribution in [3.05, 3.63) is 53.6 Å². The molecular formula is C23H27F3N2O2S. The van der Waals surface area contributed by atoms with E-state index >= 15 is 0 Å². The van der Waals surface area contributed by atoms with Crippen LogP contribution in [-0.4, -0.2) is 27.5 Å². The first-order valence-electron chi connectivity index (χ1n) is 10.6. The van der Waals surface area contributed by atoms with Crippen molar-refractivity contribution in [1.82, 2.24) is 0 Å². The molecule has 4 rings (SSSR count). The molecule has 0 saturated carbocycles. The molecule has 0 spiro atoms. The molecule has 31 heavy (non-hydrogen) atoms. The van der Waals surface area contributed by atoms with Gasteiger partial charge in [0.1, 0.15) is 0 Å². The summed E-state index contributed by atoms with van der Waals surface area (Å²) in [6.45, 7) is 7.16. The van der Waals surface area contributed by atoms with Gasteiger partial charge in [-0.1, -0.05) is 32.9 Å². The zero-order chi connectivity index (χ0) is 22.6. The van der Waals surface area contributed by atoms with Crippen LogP contribution in [0.1, 0.15) is 51.2 Å². The molecule has 0 radical (unpaired) electrons. The van der Waals surface area contributed by atoms with E-state index in [1.54, 1.807) is 12.1 Å². The van der Waals surface area contributed by atoms with Crippen LogP contribution in [0.3, 0.4) is 0 Å². The standard InChI is InChI=1S/C23H27F3N2O2S/c1-4-22(2,3)16-7-10-19(11-8-16)31(29,30)28-15-18-6-5-13-27(18)21-14-17(23(24,25)26)9-12-20(21)28/h7-12,14,18H,4-6,13,15H2,1-3H3. The van der Waals surface area contributed by atoms with Crippen molar-refractivity contribution >= 4 is 21.4 Å². The molecule has 1 atom stereocenters. The minimum Gasteiger partial charge on any atom is -0.365 e. The number of anilines is 2. The lowest BCUT2D eigenvalue weighted by atomic mass is 9.82. The third-order valence-electron chi connectivity index (χ3n) is 6.74. The van der Waals surface area contributed by atoms with Crippen molar-refractivity contribution < 1.29 is 21.6 Å². The summed E-state index contributed by atoms with van der Waals surface area (Å²) in [5, 5.41) is 0. The van der Waals surface area contributed by atoms with Crippen LogP contribution in [0.5, 0.6) is 0 Å². The van der Waals surface area contributed by atoms with Crippen LogP contribution in [0.25, 0.3) is 0 Å². The van der Waals surface area contributed by atoms with Gasteiger partial charge in [0, 0.05) is 12.6 Å². The molecule has 0 bridgehead atoms. The van der Waals surface area contributed by atoms with Crippen LogP contribution < -0.4 is 9.21 Å². The summed E-state index contributed by atoms with van der Waals surface area (Å²) < 4.78 is 68.3. The Morgan fingerprint density at radius 1 is 1.00 bits per heavy atom. The second kappa shape index (κ2) is 7.43. The average molecular weight is 453 g/mol. The number of hydrogen-bond donors (Lipinski definition) is 0. The van der Waals surface area contributed by atoms with Crippen LogP contribution in [-0.2, 0) is 21.6 Å². The topological polar surface area (TPSA) is 40.6 Å². The number of fused-ring (bicyclic) bond motifs is 3. The molecule has 2 aromatic rings. The van der Waals surface area contributed by atoms with Crippen LogP contribution in [0.2, 0.25) is 0 Å². The second-order valence-electron chi connectivity index (χ2n) is 8.99. The Hall–Kier alpha value is -2.22. The van der Waals surface area contributed by atoms with Crippen LogP contribution in [0.15, 0.2) is 47.4 Å². The van der Waals surface area contributed by atoms with E-state index in [1.165, 1.54) is 10.4 Å². The van der Waals surface area contributed by atoms with E-state index in [9.17, 15) is 21.6 Å². The summed E-state index contributed by atoms with van der Waals surface area (Å²) in [6, 6.07) is 10.1. The van der Waals surface area contributed by atoms with E-state index in [1.807, 2.05) is 17.0 Å². The van der Waals surface area contributed by atoms with Gasteiger partial charge in [-0.2, -0.15) is 13.2 Å². The maximum absolute atomic E-state index is 13.5. The zero-order valence-electron chi connectivity index (χ0n) is 17.9. The molecule has 0 aliphatic carbocycles. The molecule has 0 N–H and O–H groups in total. The fourth-order valence-electron chi connectivity index (χ4n) is 4.41. The Balaban J connectivity index is 1.77. The van der Waals surface area contributed by atoms with E-state index in [4.69, 9.17) is 0 Å². The predicted molar refractivity (Wildman–Crippen MR) is 116 cm³/mol. The van der Waals surface area contributed by atoms with Gasteiger partial charge in [-0.05, 0) is 60.6 Å². The van der Waals surface area contributed by atoms with Gasteiger partial charge in [0.25, 0.3) is 10.0 Å². The maximum Gasteiger partial charge on any atom is 0.416 e. The van der Waals surface area contributed by atoms with Crippen molar-refractivity contribution in [3.63, 3.8) is 0 Å². The third-order valence-corrected chi connectivity index (χ3v) is 8.54. The molecule has 1 fully saturated rings. The highest BCUT2D eigenvalue weighted by Crippen LogP contribution is 2.44. The lowest BCUT2D eigenvalue weighted by Gasteiger charge is -2.40. The fraction of sp³-hybridized carbons (Fsp3) is 0.478. The number of sulfonamides is 1. The number of hydrogen-bond acceptors (Lipinski definition) is 3. The smallest absolute Gasteiger partial charge is 0.365 e. The molecule has 2 aromatic carbocycles. The molecule has 2 aliphatic rings. The first kappa shape index (κ1) is 22.0. The number of rotatable bonds is 4. The quantitative estimate of drug-likeness (QED) is 0.609. The lowest BCUT2D eigenvalue weighted by molar-refractivity contribution is -0.137. The van der Waals surface area contributed by atoms with Gasteiger partial charge in [0.15, 0.2) is 0 Å². The summed E-state index contributed by atoms with van der Waals surface area (Å²) in [5.74, 6) is 0. The van der Waals surface area contributed by atoms with E-state index < -0.39 is 21.8 Å². The highest BCUT2D eigenvalue weighted by Gasteiger charge is 2.41. The Kier molecular flexibility index (Phi) is 5.27. The monoisotopic (exact) mass is 452 g/mol. The second-order valence-corrected chi connectivity index (χ2v) is 10.9. The minimum atomic E-state index is -4.48. The molecule has 168 valence electrons.